The molecular formula is C87H108N3+3. The molecule has 7 aliphatic carbocycles. The molecule has 3 heteroatoms. The summed E-state index contributed by atoms with van der Waals surface area (Å²) in [7, 11) is 6.31. The molecule has 7 aliphatic rings. The number of hydrogen-bond acceptors (Lipinski definition) is 0. The van der Waals surface area contributed by atoms with Crippen molar-refractivity contribution < 1.29 is 21.9 Å². The summed E-state index contributed by atoms with van der Waals surface area (Å²) >= 11 is 0. The van der Waals surface area contributed by atoms with Crippen molar-refractivity contribution in [3.05, 3.63) is 204 Å². The third kappa shape index (κ3) is 10.0. The van der Waals surface area contributed by atoms with Gasteiger partial charge in [0.05, 0.1) is 5.56 Å². The van der Waals surface area contributed by atoms with Crippen LogP contribution in [0.2, 0.25) is 0 Å². The van der Waals surface area contributed by atoms with Crippen LogP contribution in [0.4, 0.5) is 0 Å². The van der Waals surface area contributed by atoms with Crippen molar-refractivity contribution in [2.45, 2.75) is 252 Å². The summed E-state index contributed by atoms with van der Waals surface area (Å²) < 4.78 is 57.1. The second-order valence-electron chi connectivity index (χ2n) is 32.9. The Bertz CT molecular complexity index is 4350. The lowest BCUT2D eigenvalue weighted by Crippen LogP contribution is -2.50. The highest BCUT2D eigenvalue weighted by atomic mass is 14.9. The van der Waals surface area contributed by atoms with Crippen LogP contribution in [0.15, 0.2) is 110 Å². The molecule has 5 aromatic carbocycles. The van der Waals surface area contributed by atoms with Crippen molar-refractivity contribution in [2.24, 2.45) is 21.1 Å². The predicted octanol–water partition coefficient (Wildman–Crippen LogP) is 20.4. The molecule has 0 aliphatic heterocycles. The second-order valence-corrected chi connectivity index (χ2v) is 32.9. The SMILES string of the molecule is Cc1cc2c(c3c1-c1c(c4c(c[n+]1C)C(C)(C)CC4(C)C)C(C)(C)C3(C)C)C(C)(C)CC2(C)C.Cc1ccccc1-c1cc(-c2cc3c4c(c2)CCCC4CCC3)cc[n+]1C.[2H]C([2H])([2H])c1c[n+](C)c(-c2ccccc2C)cc1-c1cc2c3c(c1C([2H])([2H])[2H])CCCC3CCC2. The molecule has 0 fully saturated rings. The van der Waals surface area contributed by atoms with Crippen molar-refractivity contribution in [1.29, 1.82) is 0 Å². The predicted molar refractivity (Wildman–Crippen MR) is 378 cm³/mol. The minimum absolute atomic E-state index is 0.0144. The van der Waals surface area contributed by atoms with E-state index in [2.05, 4.69) is 187 Å². The fourth-order valence-electron chi connectivity index (χ4n) is 19.8. The zero-order valence-corrected chi connectivity index (χ0v) is 58.3. The normalized spacial score (nSPS) is 21.5. The maximum Gasteiger partial charge on any atom is 0.216 e. The molecule has 3 aromatic heterocycles. The first-order valence-electron chi connectivity index (χ1n) is 37.6. The van der Waals surface area contributed by atoms with E-state index in [-0.39, 0.29) is 38.1 Å². The highest BCUT2D eigenvalue weighted by Crippen LogP contribution is 2.64. The summed E-state index contributed by atoms with van der Waals surface area (Å²) in [4.78, 5) is 0. The smallest absolute Gasteiger partial charge is 0.201 e. The largest absolute Gasteiger partial charge is 0.216 e. The average molecular weight is 1200 g/mol. The lowest BCUT2D eigenvalue weighted by atomic mass is 9.52. The molecule has 1 unspecified atom stereocenters. The van der Waals surface area contributed by atoms with Gasteiger partial charge in [0.15, 0.2) is 18.6 Å². The molecule has 15 rings (SSSR count). The molecule has 8 aromatic rings. The first kappa shape index (κ1) is 55.2. The summed E-state index contributed by atoms with van der Waals surface area (Å²) in [5.74, 6) is 1.26. The van der Waals surface area contributed by atoms with Crippen molar-refractivity contribution in [3.8, 4) is 56.0 Å². The number of pyridine rings is 3. The molecule has 0 saturated heterocycles. The zero-order chi connectivity index (χ0) is 69.1. The third-order valence-corrected chi connectivity index (χ3v) is 24.2. The van der Waals surface area contributed by atoms with Gasteiger partial charge in [0.2, 0.25) is 17.1 Å². The Morgan fingerprint density at radius 3 is 1.52 bits per heavy atom. The van der Waals surface area contributed by atoms with Gasteiger partial charge in [-0.1, -0.05) is 144 Å². The maximum atomic E-state index is 8.52. The van der Waals surface area contributed by atoms with Gasteiger partial charge in [0.25, 0.3) is 0 Å². The lowest BCUT2D eigenvalue weighted by molar-refractivity contribution is -0.661. The molecule has 468 valence electrons. The molecule has 90 heavy (non-hydrogen) atoms. The highest BCUT2D eigenvalue weighted by molar-refractivity contribution is 5.82. The topological polar surface area (TPSA) is 11.6 Å². The molecule has 0 spiro atoms. The number of aryl methyl sites for hydroxylation is 10. The van der Waals surface area contributed by atoms with Crippen molar-refractivity contribution in [3.63, 3.8) is 0 Å². The van der Waals surface area contributed by atoms with Crippen LogP contribution in [0.3, 0.4) is 0 Å². The van der Waals surface area contributed by atoms with Gasteiger partial charge in [-0.2, -0.15) is 0 Å². The Hall–Kier alpha value is -6.45. The lowest BCUT2D eigenvalue weighted by Gasteiger charge is -2.50. The van der Waals surface area contributed by atoms with Crippen molar-refractivity contribution >= 4 is 0 Å². The van der Waals surface area contributed by atoms with Crippen molar-refractivity contribution in [2.75, 3.05) is 0 Å². The molecule has 1 atom stereocenters. The van der Waals surface area contributed by atoms with Crippen LogP contribution in [0.1, 0.15) is 262 Å². The van der Waals surface area contributed by atoms with Gasteiger partial charge in [-0.15, -0.1) is 0 Å². The van der Waals surface area contributed by atoms with E-state index in [1.807, 2.05) is 54.9 Å². The number of benzene rings is 5. The van der Waals surface area contributed by atoms with E-state index >= 15 is 0 Å². The monoisotopic (exact) mass is 1200 g/mol. The molecule has 3 nitrogen and oxygen atoms in total. The molecule has 0 saturated carbocycles. The minimum Gasteiger partial charge on any atom is -0.201 e. The fraction of sp³-hybridized carbons (Fsp3) is 0.483. The number of rotatable bonds is 4. The summed E-state index contributed by atoms with van der Waals surface area (Å²) in [6.45, 7) is 31.8. The fourth-order valence-corrected chi connectivity index (χ4v) is 19.8. The van der Waals surface area contributed by atoms with Crippen LogP contribution in [0.5, 0.6) is 0 Å². The summed E-state index contributed by atoms with van der Waals surface area (Å²) in [6.07, 6.45) is 22.8. The number of nitrogens with zero attached hydrogens (tertiary/aromatic N) is 3. The van der Waals surface area contributed by atoms with Gasteiger partial charge in [0, 0.05) is 65.1 Å². The van der Waals surface area contributed by atoms with Crippen LogP contribution in [0.25, 0.3) is 56.0 Å². The summed E-state index contributed by atoms with van der Waals surface area (Å²) in [6, 6.07) is 32.8. The Labute approximate surface area is 552 Å². The van der Waals surface area contributed by atoms with E-state index in [1.54, 1.807) is 56.3 Å². The molecule has 0 N–H and O–H groups in total. The van der Waals surface area contributed by atoms with Crippen LogP contribution in [-0.4, -0.2) is 0 Å². The summed E-state index contributed by atoms with van der Waals surface area (Å²) in [5.41, 5.74) is 34.6. The number of aromatic nitrogens is 3. The first-order chi connectivity index (χ1) is 44.9. The average Bonchev–Trinajstić information content (AvgIpc) is 1.37. The van der Waals surface area contributed by atoms with E-state index < -0.39 is 13.7 Å². The molecule has 0 radical (unpaired) electrons. The van der Waals surface area contributed by atoms with Gasteiger partial charge in [-0.05, 0) is 270 Å². The van der Waals surface area contributed by atoms with E-state index in [1.165, 1.54) is 107 Å². The Kier molecular flexibility index (Phi) is 13.6. The standard InChI is InChI=1S/C33H48N.C28H32N.C26H28N/c1-19-15-20-23(30(6,7)17-28(20,2)3)25-22(19)27-26(33(12,13)32(25,10)11)24-21(16-34(27)14)29(4,5)18-31(24,8)9;1-18-9-5-6-13-23(18)27-16-25(19(2)17-29(27)4)26-15-22-12-7-10-21-11-8-14-24(20(26)3)28(21)22;1-18-7-3-4-12-24(18)25-17-20(13-14-27(25)2)23-15-21-10-5-8-19-9-6-11-22(16-23)26(19)21/h15-16H,17-18H2,1-14H3;5-6,9,13,15-17,21H,7-8,10-12,14H2,1-4H3;3-4,7,12-17,19H,5-6,8-11H2,1-2H3/q3*+1/i;2D3,3D3;. The van der Waals surface area contributed by atoms with Gasteiger partial charge >= 0.3 is 0 Å². The molecular weight excluding hydrogens is 1090 g/mol. The third-order valence-electron chi connectivity index (χ3n) is 24.2. The molecule has 3 heterocycles. The van der Waals surface area contributed by atoms with Gasteiger partial charge in [-0.25, -0.2) is 13.7 Å². The highest BCUT2D eigenvalue weighted by Gasteiger charge is 2.59. The number of fused-ring (bicyclic) bond motifs is 7. The van der Waals surface area contributed by atoms with E-state index in [4.69, 9.17) is 8.22 Å². The Morgan fingerprint density at radius 1 is 0.422 bits per heavy atom. The van der Waals surface area contributed by atoms with E-state index in [0.29, 0.717) is 22.6 Å². The zero-order valence-electron chi connectivity index (χ0n) is 64.3. The second kappa shape index (κ2) is 22.1. The van der Waals surface area contributed by atoms with Gasteiger partial charge < -0.3 is 0 Å². The van der Waals surface area contributed by atoms with Crippen LogP contribution < -0.4 is 13.7 Å². The minimum atomic E-state index is -2.38. The Balaban J connectivity index is 0.000000131. The van der Waals surface area contributed by atoms with E-state index in [0.717, 1.165) is 66.8 Å². The molecule has 0 amide bonds. The maximum absolute atomic E-state index is 8.52. The van der Waals surface area contributed by atoms with Gasteiger partial charge in [-0.3, -0.25) is 0 Å². The van der Waals surface area contributed by atoms with E-state index in [9.17, 15) is 0 Å². The quantitative estimate of drug-likeness (QED) is 0.156. The van der Waals surface area contributed by atoms with Crippen LogP contribution in [-0.2, 0) is 79.3 Å². The number of hydrogen-bond donors (Lipinski definition) is 0. The van der Waals surface area contributed by atoms with Crippen molar-refractivity contribution in [1.82, 2.24) is 0 Å². The first-order valence-corrected chi connectivity index (χ1v) is 34.6. The summed E-state index contributed by atoms with van der Waals surface area (Å²) in [5, 5.41) is 0. The molecule has 0 bridgehead atoms. The Morgan fingerprint density at radius 2 is 0.944 bits per heavy atom. The van der Waals surface area contributed by atoms with Crippen LogP contribution in [0, 0.1) is 34.5 Å². The van der Waals surface area contributed by atoms with Gasteiger partial charge in [0.1, 0.15) is 21.1 Å². The van der Waals surface area contributed by atoms with Crippen LogP contribution >= 0.6 is 0 Å².